The molecule has 0 spiro atoms. The summed E-state index contributed by atoms with van der Waals surface area (Å²) in [6, 6.07) is 15.2. The van der Waals surface area contributed by atoms with E-state index in [4.69, 9.17) is 4.74 Å². The Balaban J connectivity index is 1.78. The lowest BCUT2D eigenvalue weighted by atomic mass is 9.90. The Bertz CT molecular complexity index is 743. The first kappa shape index (κ1) is 19.9. The molecule has 1 aliphatic rings. The maximum atomic E-state index is 10.3. The SMILES string of the molecule is CC(O)c1ccc(Cc2cccc(C3OC(CO)C(O)C(O)C3O)c2)cc1. The molecule has 0 bridgehead atoms. The average Bonchev–Trinajstić information content (AvgIpc) is 2.67. The first-order chi connectivity index (χ1) is 12.9. The molecule has 27 heavy (non-hydrogen) atoms. The zero-order valence-corrected chi connectivity index (χ0v) is 15.1. The Kier molecular flexibility index (Phi) is 6.26. The van der Waals surface area contributed by atoms with Crippen LogP contribution in [0.1, 0.15) is 41.4 Å². The second-order valence-electron chi connectivity index (χ2n) is 7.09. The quantitative estimate of drug-likeness (QED) is 0.531. The molecule has 6 nitrogen and oxygen atoms in total. The van der Waals surface area contributed by atoms with E-state index >= 15 is 0 Å². The van der Waals surface area contributed by atoms with Gasteiger partial charge < -0.3 is 30.3 Å². The van der Waals surface area contributed by atoms with Crippen LogP contribution in [0.3, 0.4) is 0 Å². The molecule has 0 amide bonds. The van der Waals surface area contributed by atoms with Crippen LogP contribution in [0.4, 0.5) is 0 Å². The van der Waals surface area contributed by atoms with Gasteiger partial charge in [0.15, 0.2) is 0 Å². The van der Waals surface area contributed by atoms with Crippen LogP contribution >= 0.6 is 0 Å². The summed E-state index contributed by atoms with van der Waals surface area (Å²) in [4.78, 5) is 0. The lowest BCUT2D eigenvalue weighted by molar-refractivity contribution is -0.231. The fourth-order valence-electron chi connectivity index (χ4n) is 3.41. The molecule has 0 aromatic heterocycles. The molecule has 1 aliphatic heterocycles. The molecule has 0 aliphatic carbocycles. The van der Waals surface area contributed by atoms with E-state index in [1.54, 1.807) is 13.0 Å². The van der Waals surface area contributed by atoms with Crippen LogP contribution in [0.2, 0.25) is 0 Å². The van der Waals surface area contributed by atoms with Crippen molar-refractivity contribution in [2.75, 3.05) is 6.61 Å². The topological polar surface area (TPSA) is 110 Å². The summed E-state index contributed by atoms with van der Waals surface area (Å²) >= 11 is 0. The Morgan fingerprint density at radius 3 is 2.26 bits per heavy atom. The fraction of sp³-hybridized carbons (Fsp3) is 0.429. The molecule has 6 heteroatoms. The van der Waals surface area contributed by atoms with Crippen molar-refractivity contribution in [3.05, 3.63) is 70.8 Å². The van der Waals surface area contributed by atoms with Gasteiger partial charge in [0, 0.05) is 0 Å². The molecule has 5 N–H and O–H groups in total. The highest BCUT2D eigenvalue weighted by Gasteiger charge is 2.43. The Labute approximate surface area is 158 Å². The number of benzene rings is 2. The van der Waals surface area contributed by atoms with Gasteiger partial charge in [0.2, 0.25) is 0 Å². The monoisotopic (exact) mass is 374 g/mol. The zero-order chi connectivity index (χ0) is 19.6. The molecule has 2 aromatic rings. The van der Waals surface area contributed by atoms with Crippen molar-refractivity contribution in [3.63, 3.8) is 0 Å². The molecule has 6 unspecified atom stereocenters. The molecule has 146 valence electrons. The highest BCUT2D eigenvalue weighted by atomic mass is 16.5. The standard InChI is InChI=1S/C21H26O6/c1-12(23)15-7-5-13(6-8-15)9-14-3-2-4-16(10-14)21-20(26)19(25)18(24)17(11-22)27-21/h2-8,10,12,17-26H,9,11H2,1H3. The van der Waals surface area contributed by atoms with E-state index in [2.05, 4.69) is 0 Å². The molecule has 1 fully saturated rings. The van der Waals surface area contributed by atoms with Crippen molar-refractivity contribution in [1.82, 2.24) is 0 Å². The van der Waals surface area contributed by atoms with Crippen LogP contribution in [0.25, 0.3) is 0 Å². The van der Waals surface area contributed by atoms with Crippen LogP contribution < -0.4 is 0 Å². The summed E-state index contributed by atoms with van der Waals surface area (Å²) in [6.45, 7) is 1.27. The number of rotatable bonds is 5. The minimum Gasteiger partial charge on any atom is -0.394 e. The predicted octanol–water partition coefficient (Wildman–Crippen LogP) is 0.846. The Hall–Kier alpha value is -1.80. The second-order valence-corrected chi connectivity index (χ2v) is 7.09. The first-order valence-electron chi connectivity index (χ1n) is 9.07. The van der Waals surface area contributed by atoms with Gasteiger partial charge in [0.1, 0.15) is 30.5 Å². The largest absolute Gasteiger partial charge is 0.394 e. The number of hydrogen-bond donors (Lipinski definition) is 5. The molecular formula is C21H26O6. The van der Waals surface area contributed by atoms with Crippen LogP contribution in [-0.4, -0.2) is 56.6 Å². The van der Waals surface area contributed by atoms with Crippen molar-refractivity contribution in [2.45, 2.75) is 50.0 Å². The molecule has 6 atom stereocenters. The number of aliphatic hydroxyl groups excluding tert-OH is 5. The van der Waals surface area contributed by atoms with E-state index < -0.39 is 43.2 Å². The first-order valence-corrected chi connectivity index (χ1v) is 9.07. The van der Waals surface area contributed by atoms with Crippen LogP contribution in [-0.2, 0) is 11.2 Å². The summed E-state index contributed by atoms with van der Waals surface area (Å²) in [5, 5.41) is 49.2. The van der Waals surface area contributed by atoms with Gasteiger partial charge in [-0.2, -0.15) is 0 Å². The third-order valence-corrected chi connectivity index (χ3v) is 5.04. The van der Waals surface area contributed by atoms with Crippen molar-refractivity contribution < 1.29 is 30.3 Å². The molecule has 1 heterocycles. The van der Waals surface area contributed by atoms with Gasteiger partial charge in [-0.25, -0.2) is 0 Å². The fourth-order valence-corrected chi connectivity index (χ4v) is 3.41. The molecule has 2 aromatic carbocycles. The lowest BCUT2D eigenvalue weighted by Gasteiger charge is -2.40. The number of aliphatic hydroxyl groups is 5. The van der Waals surface area contributed by atoms with Gasteiger partial charge >= 0.3 is 0 Å². The third-order valence-electron chi connectivity index (χ3n) is 5.04. The zero-order valence-electron chi connectivity index (χ0n) is 15.1. The third kappa shape index (κ3) is 4.38. The van der Waals surface area contributed by atoms with Crippen molar-refractivity contribution in [2.24, 2.45) is 0 Å². The van der Waals surface area contributed by atoms with Gasteiger partial charge in [-0.1, -0.05) is 48.5 Å². The van der Waals surface area contributed by atoms with Gasteiger partial charge in [-0.15, -0.1) is 0 Å². The maximum absolute atomic E-state index is 10.3. The number of hydrogen-bond acceptors (Lipinski definition) is 6. The van der Waals surface area contributed by atoms with Crippen molar-refractivity contribution >= 4 is 0 Å². The molecule has 3 rings (SSSR count). The van der Waals surface area contributed by atoms with Gasteiger partial charge in [-0.3, -0.25) is 0 Å². The Morgan fingerprint density at radius 2 is 1.63 bits per heavy atom. The van der Waals surface area contributed by atoms with Crippen LogP contribution in [0.15, 0.2) is 48.5 Å². The van der Waals surface area contributed by atoms with Crippen molar-refractivity contribution in [1.29, 1.82) is 0 Å². The van der Waals surface area contributed by atoms with E-state index in [1.807, 2.05) is 42.5 Å². The minimum absolute atomic E-state index is 0.448. The molecular weight excluding hydrogens is 348 g/mol. The second kappa shape index (κ2) is 8.48. The van der Waals surface area contributed by atoms with Crippen LogP contribution in [0, 0.1) is 0 Å². The average molecular weight is 374 g/mol. The summed E-state index contributed by atoms with van der Waals surface area (Å²) in [7, 11) is 0. The van der Waals surface area contributed by atoms with E-state index in [0.29, 0.717) is 12.0 Å². The highest BCUT2D eigenvalue weighted by molar-refractivity contribution is 5.33. The van der Waals surface area contributed by atoms with Gasteiger partial charge in [0.25, 0.3) is 0 Å². The van der Waals surface area contributed by atoms with E-state index in [-0.39, 0.29) is 0 Å². The Morgan fingerprint density at radius 1 is 0.926 bits per heavy atom. The smallest absolute Gasteiger partial charge is 0.113 e. The normalized spacial score (nSPS) is 29.5. The molecule has 1 saturated heterocycles. The summed E-state index contributed by atoms with van der Waals surface area (Å²) < 4.78 is 5.63. The van der Waals surface area contributed by atoms with Crippen LogP contribution in [0.5, 0.6) is 0 Å². The van der Waals surface area contributed by atoms with Gasteiger partial charge in [-0.05, 0) is 35.6 Å². The molecule has 0 saturated carbocycles. The minimum atomic E-state index is -1.39. The highest BCUT2D eigenvalue weighted by Crippen LogP contribution is 2.33. The summed E-state index contributed by atoms with van der Waals surface area (Å²) in [5.41, 5.74) is 3.60. The maximum Gasteiger partial charge on any atom is 0.113 e. The van der Waals surface area contributed by atoms with E-state index in [1.165, 1.54) is 0 Å². The van der Waals surface area contributed by atoms with Crippen molar-refractivity contribution in [3.8, 4) is 0 Å². The summed E-state index contributed by atoms with van der Waals surface area (Å²) in [5.74, 6) is 0. The van der Waals surface area contributed by atoms with Gasteiger partial charge in [0.05, 0.1) is 12.7 Å². The lowest BCUT2D eigenvalue weighted by Crippen LogP contribution is -2.55. The number of ether oxygens (including phenoxy) is 1. The predicted molar refractivity (Wildman–Crippen MR) is 99.0 cm³/mol. The van der Waals surface area contributed by atoms with E-state index in [0.717, 1.165) is 16.7 Å². The molecule has 0 radical (unpaired) electrons. The van der Waals surface area contributed by atoms with E-state index in [9.17, 15) is 25.5 Å². The summed E-state index contributed by atoms with van der Waals surface area (Å²) in [6.07, 6.45) is -5.65.